The van der Waals surface area contributed by atoms with Crippen LogP contribution in [0.1, 0.15) is 32.9 Å². The number of nitrogens with one attached hydrogen (secondary N) is 2. The smallest absolute Gasteiger partial charge is 0.220 e. The van der Waals surface area contributed by atoms with Gasteiger partial charge in [0.1, 0.15) is 0 Å². The summed E-state index contributed by atoms with van der Waals surface area (Å²) in [5.41, 5.74) is 1.10. The van der Waals surface area contributed by atoms with Crippen molar-refractivity contribution in [3.05, 3.63) is 18.2 Å². The Morgan fingerprint density at radius 2 is 2.27 bits per heavy atom. The Bertz CT molecular complexity index is 298. The summed E-state index contributed by atoms with van der Waals surface area (Å²) in [5.74, 6) is 0.113. The molecule has 4 nitrogen and oxygen atoms in total. The van der Waals surface area contributed by atoms with Crippen molar-refractivity contribution < 1.29 is 4.79 Å². The summed E-state index contributed by atoms with van der Waals surface area (Å²) < 4.78 is 0. The monoisotopic (exact) mass is 209 g/mol. The van der Waals surface area contributed by atoms with Gasteiger partial charge in [0.2, 0.25) is 5.91 Å². The van der Waals surface area contributed by atoms with Gasteiger partial charge in [0, 0.05) is 31.3 Å². The zero-order valence-corrected chi connectivity index (χ0v) is 9.63. The van der Waals surface area contributed by atoms with Gasteiger partial charge < -0.3 is 10.3 Å². The van der Waals surface area contributed by atoms with E-state index < -0.39 is 0 Å². The van der Waals surface area contributed by atoms with E-state index in [1.165, 1.54) is 0 Å². The quantitative estimate of drug-likeness (QED) is 0.789. The lowest BCUT2D eigenvalue weighted by Gasteiger charge is -2.17. The lowest BCUT2D eigenvalue weighted by molar-refractivity contribution is -0.122. The molecule has 1 amide bonds. The minimum atomic E-state index is 0.0536. The normalized spacial score (nSPS) is 11.4. The van der Waals surface area contributed by atoms with Crippen molar-refractivity contribution >= 4 is 5.91 Å². The molecule has 0 radical (unpaired) electrons. The van der Waals surface area contributed by atoms with Crippen molar-refractivity contribution in [2.75, 3.05) is 6.54 Å². The number of carbonyl (C=O) groups excluding carboxylic acids is 1. The summed E-state index contributed by atoms with van der Waals surface area (Å²) in [6, 6.07) is 0. The highest BCUT2D eigenvalue weighted by Crippen LogP contribution is 2.17. The van der Waals surface area contributed by atoms with Gasteiger partial charge in [0.25, 0.3) is 0 Å². The third-order valence-corrected chi connectivity index (χ3v) is 1.96. The van der Waals surface area contributed by atoms with Gasteiger partial charge in [-0.3, -0.25) is 4.79 Å². The summed E-state index contributed by atoms with van der Waals surface area (Å²) >= 11 is 0. The van der Waals surface area contributed by atoms with Crippen LogP contribution in [-0.2, 0) is 11.2 Å². The maximum absolute atomic E-state index is 11.5. The Hall–Kier alpha value is -1.32. The maximum Gasteiger partial charge on any atom is 0.220 e. The second-order valence-corrected chi connectivity index (χ2v) is 4.91. The molecule has 0 unspecified atom stereocenters. The van der Waals surface area contributed by atoms with E-state index in [2.05, 4.69) is 36.1 Å². The third kappa shape index (κ3) is 5.20. The van der Waals surface area contributed by atoms with E-state index in [1.54, 1.807) is 12.5 Å². The number of nitrogens with zero attached hydrogens (tertiary/aromatic N) is 1. The third-order valence-electron chi connectivity index (χ3n) is 1.96. The second-order valence-electron chi connectivity index (χ2n) is 4.91. The first-order valence-corrected chi connectivity index (χ1v) is 5.21. The van der Waals surface area contributed by atoms with E-state index in [4.69, 9.17) is 0 Å². The van der Waals surface area contributed by atoms with E-state index in [0.717, 1.165) is 12.1 Å². The lowest BCUT2D eigenvalue weighted by atomic mass is 9.92. The van der Waals surface area contributed by atoms with Crippen LogP contribution in [0.25, 0.3) is 0 Å². The summed E-state index contributed by atoms with van der Waals surface area (Å²) in [6.07, 6.45) is 4.79. The first-order valence-electron chi connectivity index (χ1n) is 5.21. The van der Waals surface area contributed by atoms with Crippen LogP contribution in [0.2, 0.25) is 0 Å². The Kier molecular flexibility index (Phi) is 3.88. The lowest BCUT2D eigenvalue weighted by Crippen LogP contribution is -2.29. The standard InChI is InChI=1S/C11H19N3O/c1-11(2,3)6-10(15)13-5-4-9-7-12-8-14-9/h7-8H,4-6H2,1-3H3,(H,12,14)(H,13,15). The molecule has 0 aliphatic carbocycles. The molecule has 15 heavy (non-hydrogen) atoms. The Morgan fingerprint density at radius 3 is 2.80 bits per heavy atom. The number of hydrogen-bond donors (Lipinski definition) is 2. The molecule has 1 aromatic rings. The Morgan fingerprint density at radius 1 is 1.53 bits per heavy atom. The van der Waals surface area contributed by atoms with Gasteiger partial charge in [0.15, 0.2) is 0 Å². The van der Waals surface area contributed by atoms with Crippen molar-refractivity contribution in [1.29, 1.82) is 0 Å². The topological polar surface area (TPSA) is 57.8 Å². The predicted octanol–water partition coefficient (Wildman–Crippen LogP) is 1.50. The molecule has 1 rings (SSSR count). The fraction of sp³-hybridized carbons (Fsp3) is 0.636. The molecule has 0 aliphatic heterocycles. The van der Waals surface area contributed by atoms with Crippen molar-refractivity contribution in [2.45, 2.75) is 33.6 Å². The van der Waals surface area contributed by atoms with Gasteiger partial charge in [-0.2, -0.15) is 0 Å². The molecule has 0 aliphatic rings. The molecule has 4 heteroatoms. The predicted molar refractivity (Wildman–Crippen MR) is 59.4 cm³/mol. The highest BCUT2D eigenvalue weighted by atomic mass is 16.1. The average molecular weight is 209 g/mol. The SMILES string of the molecule is CC(C)(C)CC(=O)NCCc1cnc[nH]1. The van der Waals surface area contributed by atoms with Gasteiger partial charge in [-0.25, -0.2) is 4.98 Å². The van der Waals surface area contributed by atoms with Crippen LogP contribution in [0.3, 0.4) is 0 Å². The molecule has 0 spiro atoms. The Balaban J connectivity index is 2.18. The van der Waals surface area contributed by atoms with Gasteiger partial charge in [0.05, 0.1) is 6.33 Å². The second kappa shape index (κ2) is 4.96. The number of amides is 1. The first-order chi connectivity index (χ1) is 6.97. The zero-order chi connectivity index (χ0) is 11.3. The highest BCUT2D eigenvalue weighted by Gasteiger charge is 2.15. The summed E-state index contributed by atoms with van der Waals surface area (Å²) in [7, 11) is 0. The molecule has 0 saturated carbocycles. The maximum atomic E-state index is 11.5. The van der Waals surface area contributed by atoms with Crippen LogP contribution in [0.15, 0.2) is 12.5 Å². The van der Waals surface area contributed by atoms with Crippen LogP contribution < -0.4 is 5.32 Å². The minimum absolute atomic E-state index is 0.0536. The number of imidazole rings is 1. The number of H-pyrrole nitrogens is 1. The van der Waals surface area contributed by atoms with E-state index in [1.807, 2.05) is 0 Å². The van der Waals surface area contributed by atoms with E-state index in [-0.39, 0.29) is 11.3 Å². The average Bonchev–Trinajstić information content (AvgIpc) is 2.53. The van der Waals surface area contributed by atoms with Crippen LogP contribution in [0, 0.1) is 5.41 Å². The van der Waals surface area contributed by atoms with Crippen molar-refractivity contribution in [3.8, 4) is 0 Å². The number of aromatic nitrogens is 2. The van der Waals surface area contributed by atoms with Crippen LogP contribution in [0.5, 0.6) is 0 Å². The molecular weight excluding hydrogens is 190 g/mol. The molecule has 1 aromatic heterocycles. The zero-order valence-electron chi connectivity index (χ0n) is 9.63. The number of carbonyl (C=O) groups is 1. The number of rotatable bonds is 4. The molecule has 2 N–H and O–H groups in total. The number of hydrogen-bond acceptors (Lipinski definition) is 2. The Labute approximate surface area is 90.5 Å². The van der Waals surface area contributed by atoms with Crippen molar-refractivity contribution in [1.82, 2.24) is 15.3 Å². The summed E-state index contributed by atoms with van der Waals surface area (Å²) in [6.45, 7) is 6.83. The summed E-state index contributed by atoms with van der Waals surface area (Å²) in [5, 5.41) is 2.89. The minimum Gasteiger partial charge on any atom is -0.356 e. The molecular formula is C11H19N3O. The molecule has 84 valence electrons. The first kappa shape index (κ1) is 11.8. The van der Waals surface area contributed by atoms with Crippen LogP contribution in [0.4, 0.5) is 0 Å². The summed E-state index contributed by atoms with van der Waals surface area (Å²) in [4.78, 5) is 18.4. The fourth-order valence-electron chi connectivity index (χ4n) is 1.30. The molecule has 0 fully saturated rings. The molecule has 1 heterocycles. The molecule has 0 bridgehead atoms. The fourth-order valence-corrected chi connectivity index (χ4v) is 1.30. The van der Waals surface area contributed by atoms with Gasteiger partial charge >= 0.3 is 0 Å². The molecule has 0 aromatic carbocycles. The van der Waals surface area contributed by atoms with Gasteiger partial charge in [-0.15, -0.1) is 0 Å². The molecule has 0 saturated heterocycles. The van der Waals surface area contributed by atoms with E-state index in [0.29, 0.717) is 13.0 Å². The van der Waals surface area contributed by atoms with Crippen molar-refractivity contribution in [3.63, 3.8) is 0 Å². The molecule has 0 atom stereocenters. The van der Waals surface area contributed by atoms with Crippen LogP contribution >= 0.6 is 0 Å². The van der Waals surface area contributed by atoms with E-state index >= 15 is 0 Å². The highest BCUT2D eigenvalue weighted by molar-refractivity contribution is 5.76. The van der Waals surface area contributed by atoms with Crippen LogP contribution in [-0.4, -0.2) is 22.4 Å². The number of aromatic amines is 1. The van der Waals surface area contributed by atoms with E-state index in [9.17, 15) is 4.79 Å². The van der Waals surface area contributed by atoms with Gasteiger partial charge in [-0.05, 0) is 5.41 Å². The largest absolute Gasteiger partial charge is 0.356 e. The van der Waals surface area contributed by atoms with Gasteiger partial charge in [-0.1, -0.05) is 20.8 Å². The van der Waals surface area contributed by atoms with Crippen molar-refractivity contribution in [2.24, 2.45) is 5.41 Å².